The topological polar surface area (TPSA) is 24.5 Å². The highest BCUT2D eigenvalue weighted by molar-refractivity contribution is 6.32. The molecule has 2 fully saturated rings. The Kier molecular flexibility index (Phi) is 9.10. The highest BCUT2D eigenvalue weighted by Gasteiger charge is 2.34. The van der Waals surface area contributed by atoms with Gasteiger partial charge in [-0.05, 0) is 43.4 Å². The Morgan fingerprint density at radius 2 is 1.96 bits per heavy atom. The standard InChI is InChI=1S/C17H24ClFN2O.2ClH/c1-2-22-17-14(18)10-13(11-15(17)19)16(12-4-3-5-12)21-8-6-20-7-9-21;;/h10-12,16,20H,2-9H2,1H3;2*1H/t16-;;/m1../s1. The third-order valence-corrected chi connectivity index (χ3v) is 5.07. The molecule has 1 aromatic rings. The van der Waals surface area contributed by atoms with Gasteiger partial charge in [0.2, 0.25) is 0 Å². The van der Waals surface area contributed by atoms with Gasteiger partial charge in [-0.15, -0.1) is 24.8 Å². The fourth-order valence-corrected chi connectivity index (χ4v) is 3.80. The number of hydrogen-bond acceptors (Lipinski definition) is 3. The summed E-state index contributed by atoms with van der Waals surface area (Å²) in [6.07, 6.45) is 3.72. The van der Waals surface area contributed by atoms with Crippen LogP contribution in [0.5, 0.6) is 5.75 Å². The minimum Gasteiger partial charge on any atom is -0.489 e. The minimum atomic E-state index is -0.344. The summed E-state index contributed by atoms with van der Waals surface area (Å²) < 4.78 is 19.7. The molecule has 24 heavy (non-hydrogen) atoms. The lowest BCUT2D eigenvalue weighted by atomic mass is 9.76. The van der Waals surface area contributed by atoms with Crippen LogP contribution in [0.1, 0.15) is 37.8 Å². The lowest BCUT2D eigenvalue weighted by Gasteiger charge is -2.43. The quantitative estimate of drug-likeness (QED) is 0.790. The van der Waals surface area contributed by atoms with E-state index in [9.17, 15) is 4.39 Å². The van der Waals surface area contributed by atoms with Gasteiger partial charge in [-0.1, -0.05) is 18.0 Å². The second-order valence-electron chi connectivity index (χ2n) is 6.17. The minimum absolute atomic E-state index is 0. The Morgan fingerprint density at radius 3 is 2.46 bits per heavy atom. The number of hydrogen-bond donors (Lipinski definition) is 1. The van der Waals surface area contributed by atoms with E-state index in [4.69, 9.17) is 16.3 Å². The van der Waals surface area contributed by atoms with Crippen molar-refractivity contribution in [3.8, 4) is 5.75 Å². The van der Waals surface area contributed by atoms with Gasteiger partial charge in [0, 0.05) is 32.2 Å². The van der Waals surface area contributed by atoms with Gasteiger partial charge in [0.1, 0.15) is 0 Å². The summed E-state index contributed by atoms with van der Waals surface area (Å²) >= 11 is 6.27. The second kappa shape index (κ2) is 10.0. The van der Waals surface area contributed by atoms with Crippen molar-refractivity contribution in [2.75, 3.05) is 32.8 Å². The van der Waals surface area contributed by atoms with Crippen molar-refractivity contribution in [2.24, 2.45) is 5.92 Å². The Balaban J connectivity index is 0.00000144. The SMILES string of the molecule is CCOc1c(F)cc([C@@H](C2CCC2)N2CCNCC2)cc1Cl.Cl.Cl. The van der Waals surface area contributed by atoms with Gasteiger partial charge >= 0.3 is 0 Å². The first-order valence-corrected chi connectivity index (χ1v) is 8.65. The summed E-state index contributed by atoms with van der Waals surface area (Å²) in [5, 5.41) is 3.77. The highest BCUT2D eigenvalue weighted by Crippen LogP contribution is 2.43. The summed E-state index contributed by atoms with van der Waals surface area (Å²) in [5.74, 6) is 0.455. The van der Waals surface area contributed by atoms with Crippen LogP contribution in [0.15, 0.2) is 12.1 Å². The number of piperazine rings is 1. The van der Waals surface area contributed by atoms with Crippen molar-refractivity contribution in [2.45, 2.75) is 32.2 Å². The van der Waals surface area contributed by atoms with Gasteiger partial charge in [0.15, 0.2) is 11.6 Å². The van der Waals surface area contributed by atoms with Crippen LogP contribution in [0.4, 0.5) is 4.39 Å². The molecule has 0 bridgehead atoms. The summed E-state index contributed by atoms with van der Waals surface area (Å²) in [5.41, 5.74) is 0.998. The van der Waals surface area contributed by atoms with Gasteiger partial charge in [0.25, 0.3) is 0 Å². The van der Waals surface area contributed by atoms with Crippen LogP contribution in [-0.2, 0) is 0 Å². The number of rotatable bonds is 5. The summed E-state index contributed by atoms with van der Waals surface area (Å²) in [6.45, 7) is 6.26. The molecule has 1 saturated heterocycles. The first kappa shape index (κ1) is 21.8. The van der Waals surface area contributed by atoms with Gasteiger partial charge in [0.05, 0.1) is 11.6 Å². The van der Waals surface area contributed by atoms with Crippen LogP contribution < -0.4 is 10.1 Å². The maximum absolute atomic E-state index is 14.4. The van der Waals surface area contributed by atoms with Crippen molar-refractivity contribution in [3.05, 3.63) is 28.5 Å². The Bertz CT molecular complexity index is 500. The van der Waals surface area contributed by atoms with Crippen molar-refractivity contribution >= 4 is 36.4 Å². The van der Waals surface area contributed by atoms with E-state index < -0.39 is 0 Å². The van der Waals surface area contributed by atoms with Crippen LogP contribution >= 0.6 is 36.4 Å². The number of halogens is 4. The first-order valence-electron chi connectivity index (χ1n) is 8.27. The van der Waals surface area contributed by atoms with Crippen LogP contribution in [0.2, 0.25) is 5.02 Å². The van der Waals surface area contributed by atoms with Crippen LogP contribution in [-0.4, -0.2) is 37.7 Å². The van der Waals surface area contributed by atoms with Crippen LogP contribution in [0, 0.1) is 11.7 Å². The average Bonchev–Trinajstić information content (AvgIpc) is 2.47. The number of nitrogens with zero attached hydrogens (tertiary/aromatic N) is 1. The molecule has 0 radical (unpaired) electrons. The monoisotopic (exact) mass is 398 g/mol. The molecular formula is C17H26Cl3FN2O. The number of ether oxygens (including phenoxy) is 1. The third kappa shape index (κ3) is 4.67. The van der Waals surface area contributed by atoms with Crippen molar-refractivity contribution in [1.82, 2.24) is 10.2 Å². The van der Waals surface area contributed by atoms with Crippen molar-refractivity contribution in [1.29, 1.82) is 0 Å². The molecule has 3 rings (SSSR count). The molecule has 138 valence electrons. The zero-order chi connectivity index (χ0) is 15.5. The maximum atomic E-state index is 14.4. The lowest BCUT2D eigenvalue weighted by molar-refractivity contribution is 0.0834. The molecular weight excluding hydrogens is 374 g/mol. The third-order valence-electron chi connectivity index (χ3n) is 4.79. The number of nitrogens with one attached hydrogen (secondary N) is 1. The van der Waals surface area contributed by atoms with Gasteiger partial charge in [-0.25, -0.2) is 4.39 Å². The smallest absolute Gasteiger partial charge is 0.173 e. The van der Waals surface area contributed by atoms with Crippen molar-refractivity contribution in [3.63, 3.8) is 0 Å². The molecule has 1 heterocycles. The zero-order valence-corrected chi connectivity index (χ0v) is 16.3. The zero-order valence-electron chi connectivity index (χ0n) is 13.9. The van der Waals surface area contributed by atoms with Crippen molar-refractivity contribution < 1.29 is 9.13 Å². The predicted octanol–water partition coefficient (Wildman–Crippen LogP) is 4.47. The molecule has 1 aromatic carbocycles. The molecule has 3 nitrogen and oxygen atoms in total. The van der Waals surface area contributed by atoms with E-state index in [0.29, 0.717) is 17.5 Å². The normalized spacial score (nSPS) is 19.6. The van der Waals surface area contributed by atoms with E-state index in [2.05, 4.69) is 10.2 Å². The molecule has 1 aliphatic carbocycles. The van der Waals surface area contributed by atoms with E-state index in [1.54, 1.807) is 6.07 Å². The molecule has 1 atom stereocenters. The van der Waals surface area contributed by atoms with Gasteiger partial charge < -0.3 is 10.1 Å². The van der Waals surface area contributed by atoms with E-state index in [1.807, 2.05) is 13.0 Å². The molecule has 0 aromatic heterocycles. The van der Waals surface area contributed by atoms with E-state index in [1.165, 1.54) is 19.3 Å². The van der Waals surface area contributed by atoms with E-state index in [0.717, 1.165) is 31.7 Å². The first-order chi connectivity index (χ1) is 10.7. The Morgan fingerprint density at radius 1 is 1.29 bits per heavy atom. The Hall–Kier alpha value is -0.260. The van der Waals surface area contributed by atoms with E-state index >= 15 is 0 Å². The molecule has 0 unspecified atom stereocenters. The highest BCUT2D eigenvalue weighted by atomic mass is 35.5. The fourth-order valence-electron chi connectivity index (χ4n) is 3.53. The lowest BCUT2D eigenvalue weighted by Crippen LogP contribution is -2.47. The Labute approximate surface area is 161 Å². The molecule has 0 spiro atoms. The number of benzene rings is 1. The summed E-state index contributed by atoms with van der Waals surface area (Å²) in [6, 6.07) is 3.81. The largest absolute Gasteiger partial charge is 0.489 e. The molecule has 1 saturated carbocycles. The predicted molar refractivity (Wildman–Crippen MR) is 102 cm³/mol. The van der Waals surface area contributed by atoms with E-state index in [-0.39, 0.29) is 42.4 Å². The average molecular weight is 400 g/mol. The summed E-state index contributed by atoms with van der Waals surface area (Å²) in [4.78, 5) is 2.48. The fraction of sp³-hybridized carbons (Fsp3) is 0.647. The molecule has 7 heteroatoms. The van der Waals surface area contributed by atoms with Crippen LogP contribution in [0.25, 0.3) is 0 Å². The van der Waals surface area contributed by atoms with Crippen LogP contribution in [0.3, 0.4) is 0 Å². The molecule has 1 aliphatic heterocycles. The molecule has 1 N–H and O–H groups in total. The maximum Gasteiger partial charge on any atom is 0.173 e. The second-order valence-corrected chi connectivity index (χ2v) is 6.58. The van der Waals surface area contributed by atoms with Gasteiger partial charge in [-0.2, -0.15) is 0 Å². The molecule has 0 amide bonds. The molecule has 2 aliphatic rings. The van der Waals surface area contributed by atoms with Gasteiger partial charge in [-0.3, -0.25) is 4.90 Å². The summed E-state index contributed by atoms with van der Waals surface area (Å²) in [7, 11) is 0.